The maximum absolute atomic E-state index is 5.49. The number of nitrogens with zero attached hydrogens (tertiary/aromatic N) is 2. The van der Waals surface area contributed by atoms with Crippen LogP contribution < -0.4 is 15.4 Å². The fourth-order valence-corrected chi connectivity index (χ4v) is 1.48. The van der Waals surface area contributed by atoms with E-state index in [2.05, 4.69) is 20.6 Å². The summed E-state index contributed by atoms with van der Waals surface area (Å²) in [6.07, 6.45) is 0.0972. The molecule has 5 nitrogen and oxygen atoms in total. The summed E-state index contributed by atoms with van der Waals surface area (Å²) in [5.41, 5.74) is 0.917. The summed E-state index contributed by atoms with van der Waals surface area (Å²) in [6.45, 7) is 7.86. The molecule has 0 aromatic carbocycles. The second kappa shape index (κ2) is 4.65. The van der Waals surface area contributed by atoms with Crippen LogP contribution >= 0.6 is 0 Å². The number of ether oxygens (including phenoxy) is 1. The van der Waals surface area contributed by atoms with Crippen LogP contribution in [0.3, 0.4) is 0 Å². The summed E-state index contributed by atoms with van der Waals surface area (Å²) in [5.74, 6) is 0.842. The molecule has 0 bridgehead atoms. The first-order valence-corrected chi connectivity index (χ1v) is 5.63. The Morgan fingerprint density at radius 2 is 2.19 bits per heavy atom. The van der Waals surface area contributed by atoms with Gasteiger partial charge in [-0.25, -0.2) is 4.98 Å². The van der Waals surface area contributed by atoms with Gasteiger partial charge >= 0.3 is 6.01 Å². The van der Waals surface area contributed by atoms with Crippen molar-refractivity contribution in [2.75, 3.05) is 18.4 Å². The number of anilines is 1. The van der Waals surface area contributed by atoms with Crippen molar-refractivity contribution in [2.24, 2.45) is 0 Å². The van der Waals surface area contributed by atoms with Crippen molar-refractivity contribution in [3.8, 4) is 6.01 Å². The third kappa shape index (κ3) is 2.82. The summed E-state index contributed by atoms with van der Waals surface area (Å²) in [6, 6.07) is 2.86. The van der Waals surface area contributed by atoms with E-state index in [0.29, 0.717) is 12.1 Å². The Labute approximate surface area is 95.6 Å². The Hall–Kier alpha value is -1.36. The molecule has 0 saturated carbocycles. The van der Waals surface area contributed by atoms with Gasteiger partial charge < -0.3 is 15.4 Å². The van der Waals surface area contributed by atoms with Crippen LogP contribution in [0.15, 0.2) is 6.07 Å². The van der Waals surface area contributed by atoms with Gasteiger partial charge in [-0.1, -0.05) is 0 Å². The highest BCUT2D eigenvalue weighted by molar-refractivity contribution is 5.38. The van der Waals surface area contributed by atoms with E-state index in [4.69, 9.17) is 4.74 Å². The van der Waals surface area contributed by atoms with Crippen molar-refractivity contribution < 1.29 is 4.74 Å². The van der Waals surface area contributed by atoms with E-state index < -0.39 is 0 Å². The van der Waals surface area contributed by atoms with Crippen LogP contribution in [-0.2, 0) is 0 Å². The Bertz CT molecular complexity index is 363. The molecule has 0 spiro atoms. The van der Waals surface area contributed by atoms with E-state index >= 15 is 0 Å². The van der Waals surface area contributed by atoms with Crippen LogP contribution in [-0.4, -0.2) is 35.2 Å². The van der Waals surface area contributed by atoms with Crippen LogP contribution in [0, 0.1) is 6.92 Å². The largest absolute Gasteiger partial charge is 0.461 e. The highest BCUT2D eigenvalue weighted by atomic mass is 16.5. The van der Waals surface area contributed by atoms with E-state index in [0.717, 1.165) is 24.6 Å². The van der Waals surface area contributed by atoms with Gasteiger partial charge in [0.15, 0.2) is 0 Å². The van der Waals surface area contributed by atoms with Crippen LogP contribution in [0.4, 0.5) is 5.82 Å². The number of aromatic nitrogens is 2. The molecule has 0 aliphatic carbocycles. The fraction of sp³-hybridized carbons (Fsp3) is 0.636. The third-order valence-corrected chi connectivity index (χ3v) is 2.31. The fourth-order valence-electron chi connectivity index (χ4n) is 1.48. The highest BCUT2D eigenvalue weighted by Gasteiger charge is 2.17. The molecular weight excluding hydrogens is 204 g/mol. The predicted octanol–water partition coefficient (Wildman–Crippen LogP) is 0.956. The first-order valence-electron chi connectivity index (χ1n) is 5.63. The van der Waals surface area contributed by atoms with Crippen LogP contribution in [0.1, 0.15) is 19.5 Å². The third-order valence-electron chi connectivity index (χ3n) is 2.31. The first-order chi connectivity index (χ1) is 7.63. The molecule has 1 aliphatic rings. The van der Waals surface area contributed by atoms with Crippen LogP contribution in [0.25, 0.3) is 0 Å². The molecule has 2 N–H and O–H groups in total. The molecule has 0 unspecified atom stereocenters. The second-order valence-electron chi connectivity index (χ2n) is 4.34. The van der Waals surface area contributed by atoms with Gasteiger partial charge in [0.05, 0.1) is 12.1 Å². The predicted molar refractivity (Wildman–Crippen MR) is 62.8 cm³/mol. The number of aryl methyl sites for hydroxylation is 1. The van der Waals surface area contributed by atoms with E-state index in [-0.39, 0.29) is 6.10 Å². The van der Waals surface area contributed by atoms with Gasteiger partial charge in [-0.2, -0.15) is 4.98 Å². The molecule has 2 heterocycles. The van der Waals surface area contributed by atoms with Crippen molar-refractivity contribution in [3.05, 3.63) is 11.8 Å². The molecule has 2 rings (SSSR count). The molecule has 0 amide bonds. The van der Waals surface area contributed by atoms with Gasteiger partial charge in [0.25, 0.3) is 0 Å². The lowest BCUT2D eigenvalue weighted by atomic mass is 10.2. The van der Waals surface area contributed by atoms with Crippen LogP contribution in [0.5, 0.6) is 6.01 Å². The molecule has 1 aromatic rings. The maximum atomic E-state index is 5.49. The van der Waals surface area contributed by atoms with Gasteiger partial charge in [0.1, 0.15) is 5.82 Å². The Kier molecular flexibility index (Phi) is 3.24. The number of nitrogens with one attached hydrogen (secondary N) is 2. The van der Waals surface area contributed by atoms with Crippen molar-refractivity contribution in [3.63, 3.8) is 0 Å². The summed E-state index contributed by atoms with van der Waals surface area (Å²) in [4.78, 5) is 8.56. The van der Waals surface area contributed by atoms with Gasteiger partial charge in [-0.3, -0.25) is 0 Å². The highest BCUT2D eigenvalue weighted by Crippen LogP contribution is 2.14. The van der Waals surface area contributed by atoms with Crippen molar-refractivity contribution in [1.29, 1.82) is 0 Å². The van der Waals surface area contributed by atoms with E-state index in [1.807, 2.05) is 26.8 Å². The monoisotopic (exact) mass is 222 g/mol. The minimum absolute atomic E-state index is 0.0972. The summed E-state index contributed by atoms with van der Waals surface area (Å²) in [5, 5.41) is 6.54. The smallest absolute Gasteiger partial charge is 0.318 e. The Morgan fingerprint density at radius 1 is 1.44 bits per heavy atom. The number of hydrogen-bond donors (Lipinski definition) is 2. The first kappa shape index (κ1) is 11.1. The van der Waals surface area contributed by atoms with Crippen molar-refractivity contribution in [1.82, 2.24) is 15.3 Å². The average molecular weight is 222 g/mol. The minimum atomic E-state index is 0.0972. The summed E-state index contributed by atoms with van der Waals surface area (Å²) < 4.78 is 5.49. The van der Waals surface area contributed by atoms with Gasteiger partial charge in [-0.05, 0) is 20.8 Å². The van der Waals surface area contributed by atoms with Crippen molar-refractivity contribution in [2.45, 2.75) is 32.9 Å². The van der Waals surface area contributed by atoms with Crippen molar-refractivity contribution >= 4 is 5.82 Å². The zero-order valence-electron chi connectivity index (χ0n) is 9.95. The lowest BCUT2D eigenvalue weighted by Crippen LogP contribution is -2.51. The maximum Gasteiger partial charge on any atom is 0.318 e. The Morgan fingerprint density at radius 3 is 2.75 bits per heavy atom. The van der Waals surface area contributed by atoms with Gasteiger partial charge in [0.2, 0.25) is 0 Å². The Balaban J connectivity index is 2.08. The van der Waals surface area contributed by atoms with E-state index in [1.165, 1.54) is 0 Å². The molecule has 0 atom stereocenters. The lowest BCUT2D eigenvalue weighted by Gasteiger charge is -2.28. The summed E-state index contributed by atoms with van der Waals surface area (Å²) >= 11 is 0. The molecule has 1 aromatic heterocycles. The molecule has 88 valence electrons. The van der Waals surface area contributed by atoms with E-state index in [9.17, 15) is 0 Å². The molecule has 1 saturated heterocycles. The topological polar surface area (TPSA) is 59.1 Å². The standard InChI is InChI=1S/C11H18N4O/c1-7(2)16-11-13-8(3)4-10(15-11)14-9-5-12-6-9/h4,7,9,12H,5-6H2,1-3H3,(H,13,14,15). The lowest BCUT2D eigenvalue weighted by molar-refractivity contribution is 0.222. The van der Waals surface area contributed by atoms with Gasteiger partial charge in [-0.15, -0.1) is 0 Å². The molecule has 1 aliphatic heterocycles. The minimum Gasteiger partial charge on any atom is -0.461 e. The summed E-state index contributed by atoms with van der Waals surface area (Å²) in [7, 11) is 0. The number of rotatable bonds is 4. The molecule has 16 heavy (non-hydrogen) atoms. The molecular formula is C11H18N4O. The van der Waals surface area contributed by atoms with E-state index in [1.54, 1.807) is 0 Å². The zero-order chi connectivity index (χ0) is 11.5. The number of hydrogen-bond acceptors (Lipinski definition) is 5. The van der Waals surface area contributed by atoms with Crippen LogP contribution in [0.2, 0.25) is 0 Å². The molecule has 5 heteroatoms. The average Bonchev–Trinajstić information content (AvgIpc) is 2.09. The molecule has 0 radical (unpaired) electrons. The molecule has 1 fully saturated rings. The second-order valence-corrected chi connectivity index (χ2v) is 4.34. The normalized spacial score (nSPS) is 16.0. The zero-order valence-corrected chi connectivity index (χ0v) is 9.95. The SMILES string of the molecule is Cc1cc(NC2CNC2)nc(OC(C)C)n1. The quantitative estimate of drug-likeness (QED) is 0.794. The van der Waals surface area contributed by atoms with Gasteiger partial charge in [0, 0.05) is 24.8 Å².